The molecule has 0 radical (unpaired) electrons. The Morgan fingerprint density at radius 3 is 2.39 bits per heavy atom. The normalized spacial score (nSPS) is 45.4. The molecule has 3 aliphatic rings. The number of rotatable bonds is 0. The molecule has 0 aromatic rings. The number of ether oxygens (including phenoxy) is 5. The van der Waals surface area contributed by atoms with Gasteiger partial charge in [0, 0.05) is 0 Å². The van der Waals surface area contributed by atoms with Crippen LogP contribution < -0.4 is 0 Å². The van der Waals surface area contributed by atoms with Crippen LogP contribution >= 0.6 is 0 Å². The largest absolute Gasteiger partial charge is 0.348 e. The number of carbonyl (C=O) groups is 1. The maximum Gasteiger partial charge on any atom is 0.259 e. The van der Waals surface area contributed by atoms with Crippen molar-refractivity contribution >= 4 is 5.78 Å². The lowest BCUT2D eigenvalue weighted by Gasteiger charge is -2.35. The molecule has 102 valence electrons. The van der Waals surface area contributed by atoms with Crippen LogP contribution in [0.5, 0.6) is 0 Å². The monoisotopic (exact) mass is 258 g/mol. The topological polar surface area (TPSA) is 63.2 Å². The fourth-order valence-corrected chi connectivity index (χ4v) is 2.53. The van der Waals surface area contributed by atoms with Crippen molar-refractivity contribution in [1.29, 1.82) is 0 Å². The summed E-state index contributed by atoms with van der Waals surface area (Å²) in [5.41, 5.74) is 0. The SMILES string of the molecule is CC1(C)OC[C@@H]2O[C@]3(COC(C)(C)O3)C(=O)[C@@H]2O1. The molecule has 0 N–H and O–H groups in total. The van der Waals surface area contributed by atoms with Gasteiger partial charge in [-0.15, -0.1) is 0 Å². The number of Topliss-reactive ketones (excluding diaryl/α,β-unsaturated/α-hetero) is 1. The van der Waals surface area contributed by atoms with Crippen LogP contribution in [0.25, 0.3) is 0 Å². The lowest BCUT2D eigenvalue weighted by molar-refractivity contribution is -0.303. The molecular formula is C12H18O6. The van der Waals surface area contributed by atoms with E-state index in [2.05, 4.69) is 0 Å². The molecule has 0 bridgehead atoms. The van der Waals surface area contributed by atoms with Crippen molar-refractivity contribution in [1.82, 2.24) is 0 Å². The molecule has 0 unspecified atom stereocenters. The van der Waals surface area contributed by atoms with E-state index < -0.39 is 29.6 Å². The molecule has 0 aromatic carbocycles. The zero-order valence-corrected chi connectivity index (χ0v) is 11.0. The Hall–Kier alpha value is -0.530. The summed E-state index contributed by atoms with van der Waals surface area (Å²) in [6.45, 7) is 7.46. The lowest BCUT2D eigenvalue weighted by Crippen LogP contribution is -2.49. The number of hydrogen-bond donors (Lipinski definition) is 0. The van der Waals surface area contributed by atoms with Crippen LogP contribution in [0.4, 0.5) is 0 Å². The minimum atomic E-state index is -1.33. The average molecular weight is 258 g/mol. The zero-order chi connectivity index (χ0) is 13.2. The van der Waals surface area contributed by atoms with E-state index in [1.807, 2.05) is 0 Å². The summed E-state index contributed by atoms with van der Waals surface area (Å²) < 4.78 is 27.9. The number of fused-ring (bicyclic) bond motifs is 1. The van der Waals surface area contributed by atoms with Crippen molar-refractivity contribution in [2.45, 2.75) is 57.3 Å². The van der Waals surface area contributed by atoms with Crippen LogP contribution in [0.15, 0.2) is 0 Å². The third kappa shape index (κ3) is 1.80. The Labute approximate surface area is 105 Å². The first-order chi connectivity index (χ1) is 8.23. The molecule has 3 fully saturated rings. The molecule has 3 saturated heterocycles. The van der Waals surface area contributed by atoms with E-state index in [9.17, 15) is 4.79 Å². The van der Waals surface area contributed by atoms with Gasteiger partial charge in [-0.05, 0) is 27.7 Å². The third-order valence-corrected chi connectivity index (χ3v) is 3.34. The van der Waals surface area contributed by atoms with E-state index in [-0.39, 0.29) is 12.4 Å². The second-order valence-electron chi connectivity index (χ2n) is 5.81. The molecular weight excluding hydrogens is 240 g/mol. The van der Waals surface area contributed by atoms with Crippen LogP contribution in [0.2, 0.25) is 0 Å². The molecule has 3 atom stereocenters. The highest BCUT2D eigenvalue weighted by molar-refractivity contribution is 5.93. The van der Waals surface area contributed by atoms with E-state index >= 15 is 0 Å². The van der Waals surface area contributed by atoms with E-state index in [0.29, 0.717) is 6.61 Å². The Balaban J connectivity index is 1.84. The quantitative estimate of drug-likeness (QED) is 0.633. The Kier molecular flexibility index (Phi) is 2.44. The summed E-state index contributed by atoms with van der Waals surface area (Å²) in [4.78, 5) is 12.4. The first-order valence-electron chi connectivity index (χ1n) is 6.11. The average Bonchev–Trinajstić information content (AvgIpc) is 2.68. The predicted molar refractivity (Wildman–Crippen MR) is 58.6 cm³/mol. The van der Waals surface area contributed by atoms with Gasteiger partial charge in [0.25, 0.3) is 5.79 Å². The third-order valence-electron chi connectivity index (χ3n) is 3.34. The van der Waals surface area contributed by atoms with Crippen LogP contribution in [-0.2, 0) is 28.5 Å². The van der Waals surface area contributed by atoms with Gasteiger partial charge >= 0.3 is 0 Å². The van der Waals surface area contributed by atoms with Gasteiger partial charge in [-0.2, -0.15) is 0 Å². The van der Waals surface area contributed by atoms with Crippen molar-refractivity contribution < 1.29 is 28.5 Å². The predicted octanol–water partition coefficient (Wildman–Crippen LogP) is 0.585. The molecule has 6 heteroatoms. The van der Waals surface area contributed by atoms with Crippen LogP contribution in [-0.4, -0.2) is 48.6 Å². The molecule has 1 spiro atoms. The second-order valence-corrected chi connectivity index (χ2v) is 5.81. The van der Waals surface area contributed by atoms with Crippen molar-refractivity contribution in [3.8, 4) is 0 Å². The van der Waals surface area contributed by atoms with Crippen LogP contribution in [0.3, 0.4) is 0 Å². The standard InChI is InChI=1S/C12H18O6/c1-10(2)14-5-7-8(17-10)9(13)12(16-7)6-15-11(3,4)18-12/h7-8H,5-6H2,1-4H3/t7-,8+,12-/m0/s1. The molecule has 0 saturated carbocycles. The van der Waals surface area contributed by atoms with E-state index in [0.717, 1.165) is 0 Å². The van der Waals surface area contributed by atoms with Crippen molar-refractivity contribution in [3.63, 3.8) is 0 Å². The summed E-state index contributed by atoms with van der Waals surface area (Å²) in [6.07, 6.45) is -1.07. The Bertz CT molecular complexity index is 388. The number of hydrogen-bond acceptors (Lipinski definition) is 6. The highest BCUT2D eigenvalue weighted by Crippen LogP contribution is 2.42. The minimum absolute atomic E-state index is 0.0929. The van der Waals surface area contributed by atoms with Gasteiger partial charge in [0.2, 0.25) is 5.78 Å². The summed E-state index contributed by atoms with van der Waals surface area (Å²) in [5, 5.41) is 0. The fraction of sp³-hybridized carbons (Fsp3) is 0.917. The van der Waals surface area contributed by atoms with Crippen LogP contribution in [0.1, 0.15) is 27.7 Å². The zero-order valence-electron chi connectivity index (χ0n) is 11.0. The van der Waals surface area contributed by atoms with Crippen molar-refractivity contribution in [2.75, 3.05) is 13.2 Å². The summed E-state index contributed by atoms with van der Waals surface area (Å²) in [6, 6.07) is 0. The van der Waals surface area contributed by atoms with Gasteiger partial charge in [-0.1, -0.05) is 0 Å². The summed E-state index contributed by atoms with van der Waals surface area (Å²) >= 11 is 0. The minimum Gasteiger partial charge on any atom is -0.348 e. The summed E-state index contributed by atoms with van der Waals surface area (Å²) in [7, 11) is 0. The van der Waals surface area contributed by atoms with E-state index in [1.54, 1.807) is 27.7 Å². The second kappa shape index (κ2) is 3.52. The fourth-order valence-electron chi connectivity index (χ4n) is 2.53. The van der Waals surface area contributed by atoms with Gasteiger partial charge in [0.15, 0.2) is 17.7 Å². The van der Waals surface area contributed by atoms with Gasteiger partial charge in [0.05, 0.1) is 6.61 Å². The molecule has 0 aromatic heterocycles. The highest BCUT2D eigenvalue weighted by atomic mass is 16.9. The first kappa shape index (κ1) is 12.5. The van der Waals surface area contributed by atoms with Crippen molar-refractivity contribution in [2.24, 2.45) is 0 Å². The smallest absolute Gasteiger partial charge is 0.259 e. The molecule has 0 aliphatic carbocycles. The van der Waals surface area contributed by atoms with Crippen molar-refractivity contribution in [3.05, 3.63) is 0 Å². The Morgan fingerprint density at radius 1 is 1.06 bits per heavy atom. The first-order valence-corrected chi connectivity index (χ1v) is 6.11. The van der Waals surface area contributed by atoms with Gasteiger partial charge < -0.3 is 23.7 Å². The molecule has 18 heavy (non-hydrogen) atoms. The van der Waals surface area contributed by atoms with E-state index in [1.165, 1.54) is 0 Å². The number of ketones is 1. The molecule has 3 aliphatic heterocycles. The highest BCUT2D eigenvalue weighted by Gasteiger charge is 2.64. The maximum atomic E-state index is 12.4. The van der Waals surface area contributed by atoms with E-state index in [4.69, 9.17) is 23.7 Å². The maximum absolute atomic E-state index is 12.4. The van der Waals surface area contributed by atoms with Gasteiger partial charge in [0.1, 0.15) is 12.7 Å². The lowest BCUT2D eigenvalue weighted by atomic mass is 10.1. The summed E-state index contributed by atoms with van der Waals surface area (Å²) in [5.74, 6) is -3.14. The number of carbonyl (C=O) groups excluding carboxylic acids is 1. The molecule has 3 heterocycles. The molecule has 3 rings (SSSR count). The van der Waals surface area contributed by atoms with Gasteiger partial charge in [-0.3, -0.25) is 4.79 Å². The van der Waals surface area contributed by atoms with Gasteiger partial charge in [-0.25, -0.2) is 0 Å². The van der Waals surface area contributed by atoms with Crippen LogP contribution in [0, 0.1) is 0 Å². The molecule has 6 nitrogen and oxygen atoms in total. The Morgan fingerprint density at radius 2 is 1.78 bits per heavy atom. The molecule has 0 amide bonds.